The summed E-state index contributed by atoms with van der Waals surface area (Å²) >= 11 is 37.8. The minimum atomic E-state index is -0.802. The number of halogens is 12. The molecule has 121 heavy (non-hydrogen) atoms. The number of likely N-dealkylation sites (N-methyl/N-ethyl adjacent to an activating group) is 3. The Morgan fingerprint density at radius 3 is 1.17 bits per heavy atom. The minimum absolute atomic E-state index is 0.0461. The summed E-state index contributed by atoms with van der Waals surface area (Å²) in [5.74, 6) is -2.22. The highest BCUT2D eigenvalue weighted by atomic mass is 79.9. The number of allylic oxidation sites excluding steroid dienone is 1. The van der Waals surface area contributed by atoms with Crippen molar-refractivity contribution in [2.45, 2.75) is 65.7 Å². The van der Waals surface area contributed by atoms with Crippen LogP contribution < -0.4 is 21.3 Å². The Balaban J connectivity index is 0.000000196. The molecule has 4 atom stereocenters. The molecule has 4 unspecified atom stereocenters. The van der Waals surface area contributed by atoms with Crippen LogP contribution in [-0.2, 0) is 52.5 Å². The molecule has 26 nitrogen and oxygen atoms in total. The fourth-order valence-electron chi connectivity index (χ4n) is 11.8. The fraction of sp³-hybridized carbons (Fsp3) is 0.304. The molecule has 1 saturated heterocycles. The second-order valence-corrected chi connectivity index (χ2v) is 33.2. The minimum Gasteiger partial charge on any atom is -0.463 e. The highest BCUT2D eigenvalue weighted by Crippen LogP contribution is 2.44. The van der Waals surface area contributed by atoms with Crippen molar-refractivity contribution in [1.82, 2.24) is 55.9 Å². The Kier molecular flexibility index (Phi) is 39.0. The van der Waals surface area contributed by atoms with Crippen LogP contribution in [0.5, 0.6) is 0 Å². The topological polar surface area (TPSA) is 315 Å². The number of amides is 2. The number of nitrogens with zero attached hydrogens (tertiary/aromatic N) is 11. The maximum atomic E-state index is 13.7. The summed E-state index contributed by atoms with van der Waals surface area (Å²) in [4.78, 5) is 126. The van der Waals surface area contributed by atoms with Gasteiger partial charge in [0.25, 0.3) is 0 Å². The largest absolute Gasteiger partial charge is 0.463 e. The molecular formula is C79H77Br5Cl3F4N15O11S4. The predicted octanol–water partition coefficient (Wildman–Crippen LogP) is 16.3. The van der Waals surface area contributed by atoms with E-state index in [1.807, 2.05) is 30.0 Å². The van der Waals surface area contributed by atoms with Crippen LogP contribution in [0.1, 0.15) is 108 Å². The normalized spacial score (nSPS) is 16.5. The van der Waals surface area contributed by atoms with Crippen molar-refractivity contribution >= 4 is 224 Å². The van der Waals surface area contributed by atoms with E-state index in [4.69, 9.17) is 68.7 Å². The lowest BCUT2D eigenvalue weighted by Crippen LogP contribution is -2.52. The average molecular weight is 2120 g/mol. The standard InChI is InChI=1S/C20H19BrClFN4O3S.C20H18BrFN4O3S.C18H18BrFN4O2S.C17H14Br2FN3O2S.C2H2Cl2O.C2H6/c1-3-30-20(29)16-14(10-27(2)15(28)9-22)25-18(19-24-6-7-31-19)26-17(16)12-5-4-11(23)8-13(12)21;1-3-29-20(28)16-14-9-25(2)15(27)10-26(14)18(19-23-6-7-30-19)24-17(16)12-5-4-11(22)8-13(12)21;1-3-26-18(25)14-13(9-21-2)23-16(17-22-6-7-27-17)24-15(14)11-5-4-10(20)8-12(11)19;1-2-25-17(24)13-12(8-18)22-15(16-21-5-6-26-16)23-14(13)10-4-3-9(20)7-11(10)19;3-1-2(4)5;1-2/h4-8,17H,3,9-10H2,1-2H3,(H,25,26);4-8,17H,3,9-10H2,1-2H3;4-8,15,21H,3,9H2,1-2H3,(H,23,24);3-7,14H,2,8H2,1H3,(H,22,23);1H2;1-2H3. The zero-order valence-corrected chi connectivity index (χ0v) is 79.2. The zero-order valence-electron chi connectivity index (χ0n) is 65.7. The third-order valence-electron chi connectivity index (χ3n) is 17.0. The number of rotatable bonds is 23. The predicted molar refractivity (Wildman–Crippen MR) is 479 cm³/mol. The summed E-state index contributed by atoms with van der Waals surface area (Å²) in [6, 6.07) is 14.2. The summed E-state index contributed by atoms with van der Waals surface area (Å²) in [6.07, 6.45) is 6.68. The van der Waals surface area contributed by atoms with Gasteiger partial charge in [0.1, 0.15) is 59.9 Å². The zero-order chi connectivity index (χ0) is 88.3. The van der Waals surface area contributed by atoms with Gasteiger partial charge in [-0.25, -0.2) is 56.7 Å². The highest BCUT2D eigenvalue weighted by Gasteiger charge is 2.43. The number of hydrogen-bond acceptors (Lipinski definition) is 28. The number of hydrogen-bond donors (Lipinski definition) is 4. The van der Waals surface area contributed by atoms with Gasteiger partial charge in [0.15, 0.2) is 43.4 Å². The van der Waals surface area contributed by atoms with E-state index in [2.05, 4.69) is 126 Å². The van der Waals surface area contributed by atoms with Crippen molar-refractivity contribution in [3.05, 3.63) is 248 Å². The quantitative estimate of drug-likeness (QED) is 0.0152. The molecule has 9 heterocycles. The Hall–Kier alpha value is -8.32. The molecule has 0 spiro atoms. The second-order valence-electron chi connectivity index (χ2n) is 24.7. The lowest BCUT2D eigenvalue weighted by atomic mass is 9.93. The van der Waals surface area contributed by atoms with Crippen molar-refractivity contribution in [2.75, 3.05) is 90.8 Å². The number of carbonyl (C=O) groups is 7. The molecule has 0 bridgehead atoms. The summed E-state index contributed by atoms with van der Waals surface area (Å²) in [5, 5.41) is 22.4. The summed E-state index contributed by atoms with van der Waals surface area (Å²) < 4.78 is 77.7. The van der Waals surface area contributed by atoms with Crippen molar-refractivity contribution in [3.63, 3.8) is 0 Å². The Morgan fingerprint density at radius 1 is 0.521 bits per heavy atom. The van der Waals surface area contributed by atoms with Crippen LogP contribution in [0.15, 0.2) is 202 Å². The van der Waals surface area contributed by atoms with Gasteiger partial charge in [0, 0.05) is 107 Å². The van der Waals surface area contributed by atoms with E-state index >= 15 is 0 Å². The number of thiazole rings is 4. The third kappa shape index (κ3) is 25.7. The Labute approximate surface area is 767 Å². The number of aliphatic imine (C=N–C) groups is 4. The molecule has 5 aliphatic rings. The van der Waals surface area contributed by atoms with Crippen LogP contribution in [0, 0.1) is 23.3 Å². The van der Waals surface area contributed by atoms with Gasteiger partial charge < -0.3 is 54.9 Å². The number of carbonyl (C=O) groups excluding carboxylic acids is 7. The van der Waals surface area contributed by atoms with E-state index in [1.165, 1.54) is 98.8 Å². The molecule has 4 aromatic carbocycles. The Bertz CT molecular complexity index is 5310. The molecule has 0 saturated carbocycles. The van der Waals surface area contributed by atoms with E-state index in [-0.39, 0.29) is 86.8 Å². The molecule has 5 aliphatic heterocycles. The van der Waals surface area contributed by atoms with E-state index < -0.39 is 64.9 Å². The molecule has 13 rings (SSSR count). The summed E-state index contributed by atoms with van der Waals surface area (Å²) in [5.41, 5.74) is 6.24. The lowest BCUT2D eigenvalue weighted by molar-refractivity contribution is -0.140. The summed E-state index contributed by atoms with van der Waals surface area (Å²) in [7, 11) is 5.06. The van der Waals surface area contributed by atoms with Gasteiger partial charge in [-0.15, -0.1) is 68.5 Å². The molecule has 4 aromatic heterocycles. The van der Waals surface area contributed by atoms with Gasteiger partial charge in [-0.05, 0) is 117 Å². The first-order valence-electron chi connectivity index (χ1n) is 36.5. The van der Waals surface area contributed by atoms with Gasteiger partial charge in [-0.1, -0.05) is 118 Å². The van der Waals surface area contributed by atoms with Crippen molar-refractivity contribution in [1.29, 1.82) is 0 Å². The number of ether oxygens (including phenoxy) is 4. The number of piperazine rings is 1. The Morgan fingerprint density at radius 2 is 0.851 bits per heavy atom. The first kappa shape index (κ1) is 98.1. The molecule has 0 aliphatic carbocycles. The van der Waals surface area contributed by atoms with Crippen LogP contribution in [0.25, 0.3) is 0 Å². The van der Waals surface area contributed by atoms with Crippen molar-refractivity contribution < 1.29 is 70.1 Å². The number of aromatic nitrogens is 4. The van der Waals surface area contributed by atoms with Crippen molar-refractivity contribution in [3.8, 4) is 0 Å². The smallest absolute Gasteiger partial charge is 0.338 e. The first-order chi connectivity index (χ1) is 58.1. The van der Waals surface area contributed by atoms with Gasteiger partial charge in [-0.2, -0.15) is 0 Å². The van der Waals surface area contributed by atoms with E-state index in [0.29, 0.717) is 135 Å². The second kappa shape index (κ2) is 48.1. The van der Waals surface area contributed by atoms with Gasteiger partial charge >= 0.3 is 23.9 Å². The lowest BCUT2D eigenvalue weighted by Gasteiger charge is -2.41. The van der Waals surface area contributed by atoms with Crippen molar-refractivity contribution in [2.24, 2.45) is 20.0 Å². The number of nitrogens with one attached hydrogen (secondary N) is 4. The molecule has 0 radical (unpaired) electrons. The molecule has 2 amide bonds. The van der Waals surface area contributed by atoms with Crippen LogP contribution in [0.3, 0.4) is 0 Å². The van der Waals surface area contributed by atoms with Crippen LogP contribution in [-0.4, -0.2) is 190 Å². The third-order valence-corrected chi connectivity index (χ3v) is 24.1. The molecule has 642 valence electrons. The molecule has 1 fully saturated rings. The fourth-order valence-corrected chi connectivity index (χ4v) is 17.1. The van der Waals surface area contributed by atoms with Gasteiger partial charge in [0.2, 0.25) is 17.1 Å². The molecule has 42 heteroatoms. The van der Waals surface area contributed by atoms with Crippen LogP contribution in [0.4, 0.5) is 17.6 Å². The molecule has 4 N–H and O–H groups in total. The van der Waals surface area contributed by atoms with Crippen LogP contribution in [0.2, 0.25) is 0 Å². The average Bonchev–Trinajstić information content (AvgIpc) is 1.63. The summed E-state index contributed by atoms with van der Waals surface area (Å²) in [6.45, 7) is 12.5. The molecular weight excluding hydrogens is 2050 g/mol. The molecule has 8 aromatic rings. The van der Waals surface area contributed by atoms with Crippen LogP contribution >= 0.6 is 160 Å². The SMILES string of the molecule is CC.CCOC(=O)C1=C(CBr)NC(c2nccs2)=NC1c1ccc(F)cc1Br.CCOC(=O)C1=C(CN(C)C(=O)CCl)NC(c2nccs2)=NC1c1ccc(F)cc1Br.CCOC(=O)C1=C(CNC)NC(c2nccs2)=NC1c1ccc(F)cc1Br.CCOC(=O)C1=C2CN(C)C(=O)CN2C(c2nccs2)=NC1c1ccc(F)cc1Br.O=C(Cl)CCl. The first-order valence-corrected chi connectivity index (χ1v) is 45.8. The number of fused-ring (bicyclic) bond motifs is 1. The highest BCUT2D eigenvalue weighted by molar-refractivity contribution is 9.11. The monoisotopic (exact) mass is 2110 g/mol. The maximum Gasteiger partial charge on any atom is 0.338 e. The van der Waals surface area contributed by atoms with E-state index in [9.17, 15) is 51.1 Å². The van der Waals surface area contributed by atoms with E-state index in [1.54, 1.807) is 113 Å². The maximum absolute atomic E-state index is 13.7. The van der Waals surface area contributed by atoms with E-state index in [0.717, 1.165) is 0 Å². The van der Waals surface area contributed by atoms with Gasteiger partial charge in [-0.3, -0.25) is 34.4 Å². The number of alkyl halides is 3. The number of benzene rings is 4. The number of amidine groups is 4. The van der Waals surface area contributed by atoms with Gasteiger partial charge in [0.05, 0.1) is 73.4 Å². The number of esters is 4.